The highest BCUT2D eigenvalue weighted by atomic mass is 79.9. The van der Waals surface area contributed by atoms with Crippen molar-refractivity contribution in [3.05, 3.63) is 93.5 Å². The molecule has 3 unspecified atom stereocenters. The largest absolute Gasteiger partial charge is 0.508 e. The lowest BCUT2D eigenvalue weighted by Gasteiger charge is -2.38. The average molecular weight is 525 g/mol. The number of hydrogen-bond acceptors (Lipinski definition) is 4. The van der Waals surface area contributed by atoms with E-state index in [0.29, 0.717) is 5.69 Å². The molecule has 2 aliphatic rings. The number of nitrogens with one attached hydrogen (secondary N) is 2. The summed E-state index contributed by atoms with van der Waals surface area (Å²) in [5.41, 5.74) is 5.23. The molecule has 5 nitrogen and oxygen atoms in total. The molecule has 3 aromatic carbocycles. The van der Waals surface area contributed by atoms with Crippen LogP contribution in [0, 0.1) is 19.8 Å². The Morgan fingerprint density at radius 1 is 1.03 bits per heavy atom. The Morgan fingerprint density at radius 3 is 2.64 bits per heavy atom. The smallest absolute Gasteiger partial charge is 0.261 e. The van der Waals surface area contributed by atoms with Crippen molar-refractivity contribution in [3.63, 3.8) is 0 Å². The molecule has 5 rings (SSSR count). The van der Waals surface area contributed by atoms with Gasteiger partial charge in [-0.15, -0.1) is 0 Å². The van der Waals surface area contributed by atoms with E-state index in [0.717, 1.165) is 38.8 Å². The molecule has 0 radical (unpaired) electrons. The Kier molecular flexibility index (Phi) is 5.49. The van der Waals surface area contributed by atoms with Gasteiger partial charge in [0.15, 0.2) is 0 Å². The van der Waals surface area contributed by atoms with E-state index >= 15 is 0 Å². The summed E-state index contributed by atoms with van der Waals surface area (Å²) in [4.78, 5) is 0.242. The fraction of sp³-hybridized carbons (Fsp3) is 0.231. The predicted molar refractivity (Wildman–Crippen MR) is 135 cm³/mol. The second kappa shape index (κ2) is 8.22. The molecule has 0 fully saturated rings. The van der Waals surface area contributed by atoms with Gasteiger partial charge in [0.1, 0.15) is 5.75 Å². The molecular formula is C26H25BrN2O3S. The topological polar surface area (TPSA) is 78.4 Å². The van der Waals surface area contributed by atoms with E-state index in [2.05, 4.69) is 38.1 Å². The molecule has 3 atom stereocenters. The van der Waals surface area contributed by atoms with Crippen molar-refractivity contribution in [3.8, 4) is 5.75 Å². The van der Waals surface area contributed by atoms with E-state index < -0.39 is 10.0 Å². The number of halogens is 1. The van der Waals surface area contributed by atoms with Crippen LogP contribution in [0.4, 0.5) is 11.4 Å². The Labute approximate surface area is 202 Å². The number of aromatic hydroxyl groups is 1. The lowest BCUT2D eigenvalue weighted by atomic mass is 9.77. The first kappa shape index (κ1) is 22.0. The summed E-state index contributed by atoms with van der Waals surface area (Å²) in [5, 5.41) is 14.1. The fourth-order valence-electron chi connectivity index (χ4n) is 4.95. The molecule has 1 aliphatic heterocycles. The summed E-state index contributed by atoms with van der Waals surface area (Å²) in [6.45, 7) is 3.88. The molecular weight excluding hydrogens is 500 g/mol. The second-order valence-electron chi connectivity index (χ2n) is 8.85. The van der Waals surface area contributed by atoms with Crippen molar-refractivity contribution in [1.82, 2.24) is 0 Å². The van der Waals surface area contributed by atoms with E-state index in [4.69, 9.17) is 0 Å². The molecule has 1 heterocycles. The van der Waals surface area contributed by atoms with Gasteiger partial charge in [0, 0.05) is 21.6 Å². The second-order valence-corrected chi connectivity index (χ2v) is 11.4. The minimum absolute atomic E-state index is 0.0703. The third-order valence-electron chi connectivity index (χ3n) is 6.60. The Bertz CT molecular complexity index is 1380. The number of phenols is 1. The third-order valence-corrected chi connectivity index (χ3v) is 8.45. The lowest BCUT2D eigenvalue weighted by molar-refractivity contribution is 0.402. The monoisotopic (exact) mass is 524 g/mol. The summed E-state index contributed by atoms with van der Waals surface area (Å²) in [5.74, 6) is 0.505. The highest BCUT2D eigenvalue weighted by Crippen LogP contribution is 2.51. The number of aryl methyl sites for hydroxylation is 2. The molecule has 1 aliphatic carbocycles. The predicted octanol–water partition coefficient (Wildman–Crippen LogP) is 6.40. The third kappa shape index (κ3) is 4.04. The molecule has 3 aromatic rings. The van der Waals surface area contributed by atoms with Gasteiger partial charge in [0.2, 0.25) is 0 Å². The Hall–Kier alpha value is -2.77. The maximum atomic E-state index is 13.2. The van der Waals surface area contributed by atoms with Crippen LogP contribution in [0.15, 0.2) is 76.1 Å². The number of hydrogen-bond donors (Lipinski definition) is 3. The minimum Gasteiger partial charge on any atom is -0.508 e. The fourth-order valence-corrected chi connectivity index (χ4v) is 6.50. The van der Waals surface area contributed by atoms with E-state index in [1.54, 1.807) is 24.3 Å². The summed E-state index contributed by atoms with van der Waals surface area (Å²) in [6, 6.07) is 16.3. The number of phenolic OH excluding ortho intramolecular Hbond substituents is 1. The maximum absolute atomic E-state index is 13.2. The number of fused-ring (bicyclic) bond motifs is 3. The van der Waals surface area contributed by atoms with Crippen LogP contribution in [0.1, 0.15) is 40.6 Å². The zero-order chi connectivity index (χ0) is 23.3. The van der Waals surface area contributed by atoms with Crippen LogP contribution in [-0.2, 0) is 10.0 Å². The van der Waals surface area contributed by atoms with Gasteiger partial charge in [-0.3, -0.25) is 4.72 Å². The number of rotatable bonds is 4. The molecule has 0 aromatic heterocycles. The van der Waals surface area contributed by atoms with Crippen molar-refractivity contribution in [2.24, 2.45) is 5.92 Å². The minimum atomic E-state index is -3.74. The molecule has 7 heteroatoms. The van der Waals surface area contributed by atoms with Crippen LogP contribution in [0.25, 0.3) is 0 Å². The van der Waals surface area contributed by atoms with Crippen LogP contribution in [0.2, 0.25) is 0 Å². The highest BCUT2D eigenvalue weighted by Gasteiger charge is 2.39. The van der Waals surface area contributed by atoms with Crippen molar-refractivity contribution >= 4 is 37.3 Å². The lowest BCUT2D eigenvalue weighted by Crippen LogP contribution is -2.29. The van der Waals surface area contributed by atoms with Crippen LogP contribution in [-0.4, -0.2) is 13.5 Å². The van der Waals surface area contributed by atoms with Gasteiger partial charge < -0.3 is 10.4 Å². The maximum Gasteiger partial charge on any atom is 0.261 e. The van der Waals surface area contributed by atoms with Crippen LogP contribution in [0.3, 0.4) is 0 Å². The van der Waals surface area contributed by atoms with Gasteiger partial charge >= 0.3 is 0 Å². The average Bonchev–Trinajstić information content (AvgIpc) is 3.27. The van der Waals surface area contributed by atoms with Crippen LogP contribution in [0.5, 0.6) is 5.75 Å². The summed E-state index contributed by atoms with van der Waals surface area (Å²) >= 11 is 3.51. The molecule has 0 bridgehead atoms. The number of sulfonamides is 1. The molecule has 0 spiro atoms. The summed E-state index contributed by atoms with van der Waals surface area (Å²) < 4.78 is 30.0. The van der Waals surface area contributed by atoms with Gasteiger partial charge in [-0.05, 0) is 79.8 Å². The zero-order valence-corrected chi connectivity index (χ0v) is 20.7. The first-order valence-corrected chi connectivity index (χ1v) is 13.2. The highest BCUT2D eigenvalue weighted by molar-refractivity contribution is 9.10. The standard InChI is InChI=1S/C26H25BrN2O3S/c1-15-6-9-23(16(2)12-15)29-33(31,32)18-8-10-24-21(14-18)19-4-3-5-20(19)26(28-24)22-13-17(27)7-11-25(22)30/h3-4,6-14,19-20,26,28-30H,5H2,1-2H3. The SMILES string of the molecule is Cc1ccc(NS(=O)(=O)c2ccc3c(c2)C2C=CCC2C(c2cc(Br)ccc2O)N3)c(C)c1. The van der Waals surface area contributed by atoms with Gasteiger partial charge in [0.25, 0.3) is 10.0 Å². The first-order chi connectivity index (χ1) is 15.7. The molecule has 33 heavy (non-hydrogen) atoms. The molecule has 170 valence electrons. The molecule has 0 saturated heterocycles. The first-order valence-electron chi connectivity index (χ1n) is 10.9. The molecule has 0 amide bonds. The number of anilines is 2. The Morgan fingerprint density at radius 2 is 1.85 bits per heavy atom. The van der Waals surface area contributed by atoms with E-state index in [1.165, 1.54) is 0 Å². The van der Waals surface area contributed by atoms with Gasteiger partial charge in [-0.2, -0.15) is 0 Å². The van der Waals surface area contributed by atoms with Gasteiger partial charge in [-0.25, -0.2) is 8.42 Å². The quantitative estimate of drug-likeness (QED) is 0.345. The Balaban J connectivity index is 1.51. The van der Waals surface area contributed by atoms with Crippen LogP contribution < -0.4 is 10.0 Å². The molecule has 3 N–H and O–H groups in total. The molecule has 0 saturated carbocycles. The normalized spacial score (nSPS) is 21.2. The van der Waals surface area contributed by atoms with Crippen LogP contribution >= 0.6 is 15.9 Å². The van der Waals surface area contributed by atoms with Crippen molar-refractivity contribution < 1.29 is 13.5 Å². The van der Waals surface area contributed by atoms with E-state index in [1.807, 2.05) is 44.2 Å². The van der Waals surface area contributed by atoms with Crippen molar-refractivity contribution in [2.45, 2.75) is 37.1 Å². The van der Waals surface area contributed by atoms with E-state index in [-0.39, 0.29) is 28.5 Å². The van der Waals surface area contributed by atoms with Gasteiger partial charge in [-0.1, -0.05) is 45.8 Å². The van der Waals surface area contributed by atoms with Gasteiger partial charge in [0.05, 0.1) is 16.6 Å². The van der Waals surface area contributed by atoms with Crippen molar-refractivity contribution in [1.29, 1.82) is 0 Å². The van der Waals surface area contributed by atoms with Crippen molar-refractivity contribution in [2.75, 3.05) is 10.0 Å². The van der Waals surface area contributed by atoms with E-state index in [9.17, 15) is 13.5 Å². The number of benzene rings is 3. The number of allylic oxidation sites excluding steroid dienone is 2. The summed E-state index contributed by atoms with van der Waals surface area (Å²) in [7, 11) is -3.74. The zero-order valence-electron chi connectivity index (χ0n) is 18.3. The summed E-state index contributed by atoms with van der Waals surface area (Å²) in [6.07, 6.45) is 5.15.